The lowest BCUT2D eigenvalue weighted by molar-refractivity contribution is -0.145. The lowest BCUT2D eigenvalue weighted by atomic mass is 10.1. The second kappa shape index (κ2) is 23.0. The minimum absolute atomic E-state index is 0.0108. The normalized spacial score (nSPS) is 22.6. The summed E-state index contributed by atoms with van der Waals surface area (Å²) in [6.07, 6.45) is -6.52. The molecule has 0 saturated carbocycles. The van der Waals surface area contributed by atoms with Crippen LogP contribution in [-0.4, -0.2) is 94.1 Å². The number of thioether (sulfide) groups is 2. The number of hydrogen-bond acceptors (Lipinski definition) is 13. The fourth-order valence-corrected chi connectivity index (χ4v) is 10.1. The van der Waals surface area contributed by atoms with Gasteiger partial charge < -0.3 is 28.8 Å². The standard InChI is InChI=1S/C21H15Cl4FO6S.C19H13Cl4FO5S/c1-9(27)31-21-17(26)18(32-20(29)13-5-3-11(23)7-15(13)25)16(33-21)8-30-19(28)12-4-2-10(22)6-14(12)24;20-8-1-3-10(12(22)5-8)17(25)28-7-14-16(15(24)19(27)30-14)29-18(26)11-4-2-9(21)6-13(11)23/h2-7,16-18,21H,8H2,1H3;1-6,14-16,19,27H,7H2/t16-,17+,18-,21-;14-,15+,16-,19?/m11/s1. The summed E-state index contributed by atoms with van der Waals surface area (Å²) < 4.78 is 55.5. The highest BCUT2D eigenvalue weighted by atomic mass is 35.5. The lowest BCUT2D eigenvalue weighted by Gasteiger charge is -2.21. The molecule has 63 heavy (non-hydrogen) atoms. The summed E-state index contributed by atoms with van der Waals surface area (Å²) in [5.74, 6) is -4.07. The summed E-state index contributed by atoms with van der Waals surface area (Å²) in [6.45, 7) is 0.441. The number of aliphatic hydroxyl groups is 1. The monoisotopic (exact) mass is 1070 g/mol. The number of hydrogen-bond donors (Lipinski definition) is 1. The number of benzene rings is 4. The molecule has 2 aliphatic rings. The van der Waals surface area contributed by atoms with Gasteiger partial charge in [-0.2, -0.15) is 0 Å². The molecule has 2 heterocycles. The van der Waals surface area contributed by atoms with E-state index in [1.807, 2.05) is 0 Å². The minimum Gasteiger partial charge on any atom is -0.461 e. The Morgan fingerprint density at radius 1 is 0.524 bits per heavy atom. The number of halogens is 10. The van der Waals surface area contributed by atoms with Gasteiger partial charge in [-0.15, -0.1) is 23.5 Å². The van der Waals surface area contributed by atoms with E-state index in [4.69, 9.17) is 116 Å². The summed E-state index contributed by atoms with van der Waals surface area (Å²) >= 11 is 48.9. The Bertz CT molecular complexity index is 2380. The van der Waals surface area contributed by atoms with Crippen LogP contribution in [0.4, 0.5) is 8.78 Å². The minimum atomic E-state index is -1.88. The molecule has 4 aromatic rings. The first-order valence-electron chi connectivity index (χ1n) is 17.7. The fourth-order valence-electron chi connectivity index (χ4n) is 5.66. The van der Waals surface area contributed by atoms with Crippen LogP contribution in [0, 0.1) is 0 Å². The highest BCUT2D eigenvalue weighted by molar-refractivity contribution is 8.01. The molecule has 1 unspecified atom stereocenters. The van der Waals surface area contributed by atoms with Crippen molar-refractivity contribution in [2.75, 3.05) is 13.2 Å². The smallest absolute Gasteiger partial charge is 0.340 e. The van der Waals surface area contributed by atoms with Crippen molar-refractivity contribution in [1.82, 2.24) is 0 Å². The molecule has 6 rings (SSSR count). The number of rotatable bonds is 11. The van der Waals surface area contributed by atoms with E-state index in [1.165, 1.54) is 72.8 Å². The molecule has 336 valence electrons. The van der Waals surface area contributed by atoms with Gasteiger partial charge in [-0.25, -0.2) is 28.0 Å². The van der Waals surface area contributed by atoms with Crippen molar-refractivity contribution >= 4 is 146 Å². The van der Waals surface area contributed by atoms with Crippen LogP contribution >= 0.6 is 116 Å². The van der Waals surface area contributed by atoms with E-state index in [0.29, 0.717) is 20.1 Å². The van der Waals surface area contributed by atoms with Crippen molar-refractivity contribution in [3.8, 4) is 0 Å². The van der Waals surface area contributed by atoms with Crippen molar-refractivity contribution < 1.29 is 61.5 Å². The van der Waals surface area contributed by atoms with E-state index in [1.54, 1.807) is 0 Å². The molecule has 2 saturated heterocycles. The molecule has 0 radical (unpaired) electrons. The highest BCUT2D eigenvalue weighted by Crippen LogP contribution is 2.41. The van der Waals surface area contributed by atoms with Gasteiger partial charge in [0, 0.05) is 27.0 Å². The van der Waals surface area contributed by atoms with Gasteiger partial charge in [-0.1, -0.05) is 92.8 Å². The first-order valence-corrected chi connectivity index (χ1v) is 22.7. The quantitative estimate of drug-likeness (QED) is 0.112. The largest absolute Gasteiger partial charge is 0.461 e. The van der Waals surface area contributed by atoms with Gasteiger partial charge in [-0.05, 0) is 72.8 Å². The number of aliphatic hydroxyl groups excluding tert-OH is 1. The van der Waals surface area contributed by atoms with Crippen molar-refractivity contribution in [2.24, 2.45) is 0 Å². The maximum absolute atomic E-state index is 15.1. The number of ether oxygens (including phenoxy) is 5. The predicted molar refractivity (Wildman–Crippen MR) is 239 cm³/mol. The van der Waals surface area contributed by atoms with E-state index in [9.17, 15) is 33.5 Å². The molecule has 0 aliphatic carbocycles. The second-order valence-corrected chi connectivity index (χ2v) is 19.1. The SMILES string of the molecule is CC(=O)O[C@@H]1S[C@H](COC(=O)c2ccc(Cl)cc2Cl)[C@@H](OC(=O)c2ccc(Cl)cc2Cl)[C@@H]1F.O=C(OC[C@H]1SC(O)[C@@H](F)[C@@H]1OC(=O)c1ccc(Cl)cc1Cl)c1ccc(Cl)cc1Cl. The Balaban J connectivity index is 0.000000239. The third-order valence-corrected chi connectivity index (χ3v) is 13.5. The van der Waals surface area contributed by atoms with Gasteiger partial charge in [0.2, 0.25) is 0 Å². The van der Waals surface area contributed by atoms with Crippen LogP contribution in [0.15, 0.2) is 72.8 Å². The Morgan fingerprint density at radius 2 is 0.857 bits per heavy atom. The lowest BCUT2D eigenvalue weighted by Crippen LogP contribution is -2.37. The van der Waals surface area contributed by atoms with Crippen LogP contribution < -0.4 is 0 Å². The Kier molecular flexibility index (Phi) is 18.6. The van der Waals surface area contributed by atoms with Crippen LogP contribution in [0.3, 0.4) is 0 Å². The summed E-state index contributed by atoms with van der Waals surface area (Å²) in [5.41, 5.74) is -2.63. The zero-order valence-corrected chi connectivity index (χ0v) is 39.3. The molecule has 11 nitrogen and oxygen atoms in total. The fraction of sp³-hybridized carbons (Fsp3) is 0.275. The zero-order valence-electron chi connectivity index (χ0n) is 31.6. The maximum Gasteiger partial charge on any atom is 0.340 e. The predicted octanol–water partition coefficient (Wildman–Crippen LogP) is 11.5. The van der Waals surface area contributed by atoms with E-state index >= 15 is 4.39 Å². The molecule has 23 heteroatoms. The summed E-state index contributed by atoms with van der Waals surface area (Å²) in [7, 11) is 0. The van der Waals surface area contributed by atoms with Crippen LogP contribution in [0.5, 0.6) is 0 Å². The van der Waals surface area contributed by atoms with Gasteiger partial charge >= 0.3 is 29.8 Å². The Hall–Kier alpha value is -2.93. The van der Waals surface area contributed by atoms with E-state index in [0.717, 1.165) is 30.4 Å². The van der Waals surface area contributed by atoms with Crippen molar-refractivity contribution in [3.63, 3.8) is 0 Å². The van der Waals surface area contributed by atoms with Crippen LogP contribution in [0.1, 0.15) is 48.4 Å². The summed E-state index contributed by atoms with van der Waals surface area (Å²) in [5, 5.41) is 9.64. The third-order valence-electron chi connectivity index (χ3n) is 8.65. The molecule has 0 aromatic heterocycles. The average molecular weight is 1070 g/mol. The Labute approximate surface area is 406 Å². The number of alkyl halides is 2. The van der Waals surface area contributed by atoms with E-state index in [2.05, 4.69) is 0 Å². The topological polar surface area (TPSA) is 152 Å². The number of esters is 5. The van der Waals surface area contributed by atoms with Crippen molar-refractivity contribution in [3.05, 3.63) is 135 Å². The first kappa shape index (κ1) is 51.1. The molecule has 0 amide bonds. The van der Waals surface area contributed by atoms with E-state index in [-0.39, 0.29) is 55.6 Å². The highest BCUT2D eigenvalue weighted by Gasteiger charge is 2.50. The van der Waals surface area contributed by atoms with E-state index < -0.39 is 75.8 Å². The zero-order chi connectivity index (χ0) is 46.3. The van der Waals surface area contributed by atoms with Gasteiger partial charge in [0.15, 0.2) is 30.0 Å². The molecule has 0 bridgehead atoms. The summed E-state index contributed by atoms with van der Waals surface area (Å²) in [4.78, 5) is 61.1. The van der Waals surface area contributed by atoms with Crippen LogP contribution in [-0.2, 0) is 28.5 Å². The molecule has 8 atom stereocenters. The van der Waals surface area contributed by atoms with Gasteiger partial charge in [0.25, 0.3) is 0 Å². The molecule has 4 aromatic carbocycles. The molecular weight excluding hydrogens is 1040 g/mol. The van der Waals surface area contributed by atoms with Crippen molar-refractivity contribution in [2.45, 2.75) is 52.8 Å². The molecule has 0 spiro atoms. The molecule has 1 N–H and O–H groups in total. The maximum atomic E-state index is 15.1. The first-order chi connectivity index (χ1) is 29.7. The van der Waals surface area contributed by atoms with Crippen molar-refractivity contribution in [1.29, 1.82) is 0 Å². The van der Waals surface area contributed by atoms with Gasteiger partial charge in [0.05, 0.1) is 52.8 Å². The number of carbonyl (C=O) groups is 5. The average Bonchev–Trinajstić information content (AvgIpc) is 3.63. The van der Waals surface area contributed by atoms with Gasteiger partial charge in [0.1, 0.15) is 18.6 Å². The third kappa shape index (κ3) is 13.6. The van der Waals surface area contributed by atoms with Crippen LogP contribution in [0.2, 0.25) is 40.2 Å². The van der Waals surface area contributed by atoms with Crippen LogP contribution in [0.25, 0.3) is 0 Å². The molecule has 2 aliphatic heterocycles. The molecular formula is C40H28Cl8F2O11S2. The molecule has 2 fully saturated rings. The number of carbonyl (C=O) groups excluding carboxylic acids is 5. The Morgan fingerprint density at radius 3 is 1.21 bits per heavy atom. The second-order valence-electron chi connectivity index (χ2n) is 13.0. The van der Waals surface area contributed by atoms with Gasteiger partial charge in [-0.3, -0.25) is 4.79 Å². The summed E-state index contributed by atoms with van der Waals surface area (Å²) in [6, 6.07) is 16.7.